The highest BCUT2D eigenvalue weighted by molar-refractivity contribution is 7.12. The summed E-state index contributed by atoms with van der Waals surface area (Å²) in [7, 11) is 0. The largest absolute Gasteiger partial charge is 0.338 e. The summed E-state index contributed by atoms with van der Waals surface area (Å²) in [4.78, 5) is 30.4. The Kier molecular flexibility index (Phi) is 6.13. The monoisotopic (exact) mass is 480 g/mol. The van der Waals surface area contributed by atoms with Gasteiger partial charge in [-0.25, -0.2) is 9.97 Å². The maximum atomic E-state index is 13.4. The smallest absolute Gasteiger partial charge is 0.264 e. The molecule has 0 spiro atoms. The van der Waals surface area contributed by atoms with Crippen molar-refractivity contribution in [3.63, 3.8) is 0 Å². The van der Waals surface area contributed by atoms with E-state index in [1.807, 2.05) is 30.6 Å². The number of carbonyl (C=O) groups is 1. The number of benzene rings is 1. The van der Waals surface area contributed by atoms with Crippen molar-refractivity contribution in [2.75, 3.05) is 13.1 Å². The molecule has 2 aliphatic rings. The van der Waals surface area contributed by atoms with Crippen LogP contribution in [0.3, 0.4) is 0 Å². The molecular formula is C29H28N4OS. The lowest BCUT2D eigenvalue weighted by Crippen LogP contribution is -2.38. The van der Waals surface area contributed by atoms with E-state index in [1.165, 1.54) is 24.0 Å². The molecule has 35 heavy (non-hydrogen) atoms. The van der Waals surface area contributed by atoms with Gasteiger partial charge in [0.2, 0.25) is 0 Å². The van der Waals surface area contributed by atoms with Gasteiger partial charge in [-0.1, -0.05) is 30.3 Å². The predicted octanol–water partition coefficient (Wildman–Crippen LogP) is 6.17. The summed E-state index contributed by atoms with van der Waals surface area (Å²) in [6, 6.07) is 14.3. The second-order valence-electron chi connectivity index (χ2n) is 9.44. The van der Waals surface area contributed by atoms with Crippen LogP contribution in [0.4, 0.5) is 0 Å². The standard InChI is InChI=1S/C29H28N4OS/c34-29(27-24-11-5-4-9-23(24)19-35-27)33-15-12-21(13-16-33)26-25(20-7-2-1-3-8-20)18-31-28(32-26)22-10-6-14-30-17-22/h1-3,6-8,10,14,17-19,21H,4-5,9,11-13,15-16H2. The van der Waals surface area contributed by atoms with Crippen LogP contribution in [0, 0.1) is 0 Å². The van der Waals surface area contributed by atoms with Gasteiger partial charge in [0.1, 0.15) is 0 Å². The number of fused-ring (bicyclic) bond motifs is 1. The molecule has 0 N–H and O–H groups in total. The third-order valence-corrected chi connectivity index (χ3v) is 8.35. The van der Waals surface area contributed by atoms with Gasteiger partial charge in [-0.05, 0) is 72.7 Å². The van der Waals surface area contributed by atoms with E-state index in [4.69, 9.17) is 4.98 Å². The van der Waals surface area contributed by atoms with Gasteiger partial charge in [0.05, 0.1) is 10.6 Å². The Hall–Kier alpha value is -3.38. The zero-order valence-corrected chi connectivity index (χ0v) is 20.5. The highest BCUT2D eigenvalue weighted by Crippen LogP contribution is 2.36. The van der Waals surface area contributed by atoms with E-state index in [0.29, 0.717) is 5.82 Å². The van der Waals surface area contributed by atoms with Crippen LogP contribution < -0.4 is 0 Å². The second-order valence-corrected chi connectivity index (χ2v) is 10.3. The average molecular weight is 481 g/mol. The summed E-state index contributed by atoms with van der Waals surface area (Å²) >= 11 is 1.65. The summed E-state index contributed by atoms with van der Waals surface area (Å²) in [6.45, 7) is 1.52. The van der Waals surface area contributed by atoms with Crippen LogP contribution in [0.1, 0.15) is 58.1 Å². The molecule has 1 fully saturated rings. The molecule has 4 aromatic rings. The van der Waals surface area contributed by atoms with Gasteiger partial charge in [0.25, 0.3) is 5.91 Å². The summed E-state index contributed by atoms with van der Waals surface area (Å²) in [5, 5.41) is 2.21. The number of likely N-dealkylation sites (tertiary alicyclic amines) is 1. The van der Waals surface area contributed by atoms with E-state index in [1.54, 1.807) is 17.5 Å². The Labute approximate surface area is 209 Å². The molecule has 5 nitrogen and oxygen atoms in total. The fourth-order valence-corrected chi connectivity index (χ4v) is 6.50. The molecular weight excluding hydrogens is 452 g/mol. The minimum absolute atomic E-state index is 0.221. The van der Waals surface area contributed by atoms with Gasteiger partial charge in [-0.3, -0.25) is 9.78 Å². The van der Waals surface area contributed by atoms with Gasteiger partial charge in [-0.2, -0.15) is 0 Å². The normalized spacial score (nSPS) is 16.2. The van der Waals surface area contributed by atoms with Crippen molar-refractivity contribution in [3.8, 4) is 22.5 Å². The Morgan fingerprint density at radius 2 is 1.74 bits per heavy atom. The molecule has 1 aliphatic heterocycles. The molecule has 1 amide bonds. The fourth-order valence-electron chi connectivity index (χ4n) is 5.38. The molecule has 0 saturated carbocycles. The molecule has 0 bridgehead atoms. The lowest BCUT2D eigenvalue weighted by atomic mass is 9.88. The van der Waals surface area contributed by atoms with Crippen molar-refractivity contribution in [2.24, 2.45) is 0 Å². The van der Waals surface area contributed by atoms with Crippen molar-refractivity contribution >= 4 is 17.2 Å². The lowest BCUT2D eigenvalue weighted by Gasteiger charge is -2.32. The molecule has 1 saturated heterocycles. The number of carbonyl (C=O) groups excluding carboxylic acids is 1. The van der Waals surface area contributed by atoms with E-state index in [-0.39, 0.29) is 11.8 Å². The number of rotatable bonds is 4. The van der Waals surface area contributed by atoms with Crippen molar-refractivity contribution in [1.29, 1.82) is 0 Å². The number of thiophene rings is 1. The van der Waals surface area contributed by atoms with Crippen molar-refractivity contribution in [1.82, 2.24) is 19.9 Å². The Balaban J connectivity index is 1.26. The van der Waals surface area contributed by atoms with E-state index in [2.05, 4.69) is 44.5 Å². The number of nitrogens with zero attached hydrogens (tertiary/aromatic N) is 4. The van der Waals surface area contributed by atoms with Crippen molar-refractivity contribution < 1.29 is 4.79 Å². The second kappa shape index (κ2) is 9.70. The van der Waals surface area contributed by atoms with Gasteiger partial charge >= 0.3 is 0 Å². The first kappa shape index (κ1) is 22.1. The molecule has 4 heterocycles. The number of amides is 1. The van der Waals surface area contributed by atoms with Crippen LogP contribution >= 0.6 is 11.3 Å². The van der Waals surface area contributed by atoms with Crippen molar-refractivity contribution in [3.05, 3.63) is 88.1 Å². The first-order valence-corrected chi connectivity index (χ1v) is 13.4. The summed E-state index contributed by atoms with van der Waals surface area (Å²) in [6.07, 6.45) is 11.9. The lowest BCUT2D eigenvalue weighted by molar-refractivity contribution is 0.0716. The number of hydrogen-bond acceptors (Lipinski definition) is 5. The number of hydrogen-bond donors (Lipinski definition) is 0. The minimum atomic E-state index is 0.221. The quantitative estimate of drug-likeness (QED) is 0.351. The number of aromatic nitrogens is 3. The summed E-state index contributed by atoms with van der Waals surface area (Å²) < 4.78 is 0. The predicted molar refractivity (Wildman–Crippen MR) is 140 cm³/mol. The Morgan fingerprint density at radius 3 is 2.54 bits per heavy atom. The van der Waals surface area contributed by atoms with Crippen molar-refractivity contribution in [2.45, 2.75) is 44.4 Å². The summed E-state index contributed by atoms with van der Waals surface area (Å²) in [5.74, 6) is 1.21. The first-order chi connectivity index (χ1) is 17.3. The molecule has 1 aliphatic carbocycles. The van der Waals surface area contributed by atoms with Gasteiger partial charge in [-0.15, -0.1) is 11.3 Å². The molecule has 0 radical (unpaired) electrons. The summed E-state index contributed by atoms with van der Waals surface area (Å²) in [5.41, 5.74) is 6.92. The maximum absolute atomic E-state index is 13.4. The van der Waals surface area contributed by atoms with Gasteiger partial charge in [0, 0.05) is 48.7 Å². The third kappa shape index (κ3) is 4.39. The highest BCUT2D eigenvalue weighted by atomic mass is 32.1. The zero-order valence-electron chi connectivity index (χ0n) is 19.7. The minimum Gasteiger partial charge on any atom is -0.338 e. The number of aryl methyl sites for hydroxylation is 1. The van der Waals surface area contributed by atoms with E-state index in [9.17, 15) is 4.79 Å². The van der Waals surface area contributed by atoms with Crippen LogP contribution in [-0.2, 0) is 12.8 Å². The molecule has 0 atom stereocenters. The Morgan fingerprint density at radius 1 is 0.943 bits per heavy atom. The van der Waals surface area contributed by atoms with Gasteiger partial charge in [0.15, 0.2) is 5.82 Å². The number of pyridine rings is 1. The molecule has 3 aromatic heterocycles. The van der Waals surface area contributed by atoms with Crippen LogP contribution in [0.25, 0.3) is 22.5 Å². The van der Waals surface area contributed by atoms with Gasteiger partial charge < -0.3 is 4.90 Å². The zero-order chi connectivity index (χ0) is 23.6. The third-order valence-electron chi connectivity index (χ3n) is 7.29. The number of piperidine rings is 1. The molecule has 0 unspecified atom stereocenters. The average Bonchev–Trinajstić information content (AvgIpc) is 3.38. The molecule has 1 aromatic carbocycles. The van der Waals surface area contributed by atoms with E-state index >= 15 is 0 Å². The fraction of sp³-hybridized carbons (Fsp3) is 0.310. The first-order valence-electron chi connectivity index (χ1n) is 12.5. The van der Waals surface area contributed by atoms with E-state index in [0.717, 1.165) is 66.0 Å². The van der Waals surface area contributed by atoms with Crippen LogP contribution in [0.2, 0.25) is 0 Å². The topological polar surface area (TPSA) is 59.0 Å². The Bertz CT molecular complexity index is 1330. The van der Waals surface area contributed by atoms with Crippen LogP contribution in [0.5, 0.6) is 0 Å². The SMILES string of the molecule is O=C(c1scc2c1CCCC2)N1CCC(c2nc(-c3cccnc3)ncc2-c2ccccc2)CC1. The molecule has 6 rings (SSSR count). The van der Waals surface area contributed by atoms with Crippen LogP contribution in [-0.4, -0.2) is 38.8 Å². The molecule has 6 heteroatoms. The van der Waals surface area contributed by atoms with E-state index < -0.39 is 0 Å². The maximum Gasteiger partial charge on any atom is 0.264 e. The highest BCUT2D eigenvalue weighted by Gasteiger charge is 2.30. The molecule has 176 valence electrons. The van der Waals surface area contributed by atoms with Crippen LogP contribution in [0.15, 0.2) is 66.4 Å².